The van der Waals surface area contributed by atoms with Crippen LogP contribution in [-0.4, -0.2) is 44.3 Å². The molecule has 1 N–H and O–H groups in total. The Morgan fingerprint density at radius 1 is 1.07 bits per heavy atom. The van der Waals surface area contributed by atoms with Crippen LogP contribution in [-0.2, 0) is 26.1 Å². The Morgan fingerprint density at radius 3 is 2.39 bits per heavy atom. The van der Waals surface area contributed by atoms with Crippen LogP contribution in [0.3, 0.4) is 0 Å². The summed E-state index contributed by atoms with van der Waals surface area (Å²) >= 11 is 0. The molecule has 0 aliphatic heterocycles. The second-order valence-electron chi connectivity index (χ2n) is 6.48. The summed E-state index contributed by atoms with van der Waals surface area (Å²) in [5, 5.41) is 2.65. The second kappa shape index (κ2) is 9.48. The number of hydrogen-bond donors (Lipinski definition) is 1. The van der Waals surface area contributed by atoms with Gasteiger partial charge in [-0.2, -0.15) is 4.31 Å². The molecule has 28 heavy (non-hydrogen) atoms. The molecule has 2 aromatic carbocycles. The van der Waals surface area contributed by atoms with Crippen molar-refractivity contribution < 1.29 is 22.7 Å². The average Bonchev–Trinajstić information content (AvgIpc) is 2.70. The second-order valence-corrected chi connectivity index (χ2v) is 8.48. The van der Waals surface area contributed by atoms with Crippen molar-refractivity contribution >= 4 is 21.9 Å². The van der Waals surface area contributed by atoms with Gasteiger partial charge in [0.15, 0.2) is 6.61 Å². The molecule has 1 amide bonds. The Balaban J connectivity index is 1.96. The van der Waals surface area contributed by atoms with Crippen LogP contribution in [0.15, 0.2) is 59.5 Å². The molecular weight excluding hydrogens is 380 g/mol. The molecule has 0 bridgehead atoms. The minimum atomic E-state index is -3.72. The van der Waals surface area contributed by atoms with E-state index >= 15 is 0 Å². The highest BCUT2D eigenvalue weighted by molar-refractivity contribution is 7.89. The molecule has 0 aromatic heterocycles. The van der Waals surface area contributed by atoms with Crippen LogP contribution in [0.2, 0.25) is 0 Å². The van der Waals surface area contributed by atoms with Gasteiger partial charge in [0.1, 0.15) is 0 Å². The third kappa shape index (κ3) is 5.64. The Bertz CT molecular complexity index is 927. The first-order chi connectivity index (χ1) is 13.2. The zero-order valence-electron chi connectivity index (χ0n) is 16.1. The van der Waals surface area contributed by atoms with E-state index in [-0.39, 0.29) is 16.5 Å². The van der Waals surface area contributed by atoms with Crippen molar-refractivity contribution in [3.63, 3.8) is 0 Å². The molecule has 0 fully saturated rings. The number of amides is 1. The summed E-state index contributed by atoms with van der Waals surface area (Å²) in [6.07, 6.45) is 0. The molecule has 2 rings (SSSR count). The van der Waals surface area contributed by atoms with Crippen molar-refractivity contribution in [1.29, 1.82) is 0 Å². The highest BCUT2D eigenvalue weighted by Crippen LogP contribution is 2.18. The first-order valence-electron chi connectivity index (χ1n) is 8.77. The predicted octanol–water partition coefficient (Wildman–Crippen LogP) is 2.19. The van der Waals surface area contributed by atoms with E-state index in [4.69, 9.17) is 4.74 Å². The summed E-state index contributed by atoms with van der Waals surface area (Å²) in [6, 6.07) is 14.7. The summed E-state index contributed by atoms with van der Waals surface area (Å²) in [4.78, 5) is 24.0. The first kappa shape index (κ1) is 21.6. The van der Waals surface area contributed by atoms with Crippen molar-refractivity contribution in [1.82, 2.24) is 9.62 Å². The molecule has 0 spiro atoms. The van der Waals surface area contributed by atoms with E-state index in [2.05, 4.69) is 5.32 Å². The first-order valence-corrected chi connectivity index (χ1v) is 10.2. The lowest BCUT2D eigenvalue weighted by Gasteiger charge is -2.21. The smallest absolute Gasteiger partial charge is 0.338 e. The predicted molar refractivity (Wildman–Crippen MR) is 105 cm³/mol. The van der Waals surface area contributed by atoms with Crippen molar-refractivity contribution in [3.8, 4) is 0 Å². The number of carbonyl (C=O) groups is 2. The fraction of sp³-hybridized carbons (Fsp3) is 0.300. The van der Waals surface area contributed by atoms with Gasteiger partial charge in [0.2, 0.25) is 10.0 Å². The van der Waals surface area contributed by atoms with Gasteiger partial charge in [-0.1, -0.05) is 36.4 Å². The number of nitrogens with one attached hydrogen (secondary N) is 1. The summed E-state index contributed by atoms with van der Waals surface area (Å²) in [6.45, 7) is 3.38. The standard InChI is InChI=1S/C20H24N2O5S/c1-15(2)22(3)28(25,26)18-11-7-10-17(12-18)20(24)27-14-19(23)21-13-16-8-5-4-6-9-16/h4-12,15H,13-14H2,1-3H3,(H,21,23). The number of ether oxygens (including phenoxy) is 1. The van der Waals surface area contributed by atoms with Crippen molar-refractivity contribution in [3.05, 3.63) is 65.7 Å². The number of sulfonamides is 1. The average molecular weight is 404 g/mol. The molecule has 0 aliphatic rings. The van der Waals surface area contributed by atoms with Gasteiger partial charge in [-0.3, -0.25) is 4.79 Å². The lowest BCUT2D eigenvalue weighted by Crippen LogP contribution is -2.33. The van der Waals surface area contributed by atoms with Crippen LogP contribution in [0, 0.1) is 0 Å². The van der Waals surface area contributed by atoms with E-state index < -0.39 is 28.5 Å². The number of hydrogen-bond acceptors (Lipinski definition) is 5. The van der Waals surface area contributed by atoms with E-state index in [1.165, 1.54) is 35.6 Å². The van der Waals surface area contributed by atoms with Gasteiger partial charge in [0.05, 0.1) is 10.5 Å². The van der Waals surface area contributed by atoms with Crippen LogP contribution >= 0.6 is 0 Å². The Labute approximate surface area is 165 Å². The molecule has 7 nitrogen and oxygen atoms in total. The molecule has 0 heterocycles. The lowest BCUT2D eigenvalue weighted by molar-refractivity contribution is -0.124. The van der Waals surface area contributed by atoms with E-state index in [1.54, 1.807) is 13.8 Å². The number of esters is 1. The third-order valence-electron chi connectivity index (χ3n) is 4.14. The third-order valence-corrected chi connectivity index (χ3v) is 6.17. The fourth-order valence-electron chi connectivity index (χ4n) is 2.29. The molecule has 0 saturated carbocycles. The lowest BCUT2D eigenvalue weighted by atomic mass is 10.2. The van der Waals surface area contributed by atoms with Crippen LogP contribution in [0.1, 0.15) is 29.8 Å². The maximum absolute atomic E-state index is 12.5. The topological polar surface area (TPSA) is 92.8 Å². The largest absolute Gasteiger partial charge is 0.452 e. The van der Waals surface area contributed by atoms with Crippen molar-refractivity contribution in [2.24, 2.45) is 0 Å². The van der Waals surface area contributed by atoms with E-state index in [9.17, 15) is 18.0 Å². The molecule has 8 heteroatoms. The van der Waals surface area contributed by atoms with Gasteiger partial charge in [-0.15, -0.1) is 0 Å². The minimum absolute atomic E-state index is 0.00770. The van der Waals surface area contributed by atoms with Gasteiger partial charge in [-0.05, 0) is 37.6 Å². The van der Waals surface area contributed by atoms with Gasteiger partial charge >= 0.3 is 5.97 Å². The minimum Gasteiger partial charge on any atom is -0.452 e. The molecule has 150 valence electrons. The van der Waals surface area contributed by atoms with E-state index in [1.807, 2.05) is 30.3 Å². The van der Waals surface area contributed by atoms with E-state index in [0.717, 1.165) is 5.56 Å². The molecule has 0 saturated heterocycles. The highest BCUT2D eigenvalue weighted by Gasteiger charge is 2.24. The number of rotatable bonds is 8. The van der Waals surface area contributed by atoms with Gasteiger partial charge in [0, 0.05) is 19.6 Å². The molecular formula is C20H24N2O5S. The molecule has 2 aromatic rings. The van der Waals surface area contributed by atoms with Crippen molar-refractivity contribution in [2.45, 2.75) is 31.3 Å². The maximum atomic E-state index is 12.5. The number of nitrogens with zero attached hydrogens (tertiary/aromatic N) is 1. The molecule has 0 aliphatic carbocycles. The van der Waals surface area contributed by atoms with Gasteiger partial charge < -0.3 is 10.1 Å². The Hall–Kier alpha value is -2.71. The zero-order valence-corrected chi connectivity index (χ0v) is 16.9. The molecule has 0 radical (unpaired) electrons. The van der Waals surface area contributed by atoms with Crippen LogP contribution in [0.4, 0.5) is 0 Å². The Morgan fingerprint density at radius 2 is 1.75 bits per heavy atom. The molecule has 0 unspecified atom stereocenters. The summed E-state index contributed by atoms with van der Waals surface area (Å²) in [5.74, 6) is -1.21. The number of benzene rings is 2. The van der Waals surface area contributed by atoms with Crippen LogP contribution in [0.5, 0.6) is 0 Å². The zero-order chi connectivity index (χ0) is 20.7. The maximum Gasteiger partial charge on any atom is 0.338 e. The van der Waals surface area contributed by atoms with E-state index in [0.29, 0.717) is 6.54 Å². The van der Waals surface area contributed by atoms with Gasteiger partial charge in [-0.25, -0.2) is 13.2 Å². The normalized spacial score (nSPS) is 11.5. The summed E-state index contributed by atoms with van der Waals surface area (Å²) in [5.41, 5.74) is 0.989. The van der Waals surface area contributed by atoms with Gasteiger partial charge in [0.25, 0.3) is 5.91 Å². The highest BCUT2D eigenvalue weighted by atomic mass is 32.2. The monoisotopic (exact) mass is 404 g/mol. The van der Waals surface area contributed by atoms with Crippen molar-refractivity contribution in [2.75, 3.05) is 13.7 Å². The SMILES string of the molecule is CC(C)N(C)S(=O)(=O)c1cccc(C(=O)OCC(=O)NCc2ccccc2)c1. The summed E-state index contributed by atoms with van der Waals surface area (Å²) in [7, 11) is -2.24. The quantitative estimate of drug-likeness (QED) is 0.681. The van der Waals surface area contributed by atoms with Crippen LogP contribution in [0.25, 0.3) is 0 Å². The molecule has 0 atom stereocenters. The number of carbonyl (C=O) groups excluding carboxylic acids is 2. The summed E-state index contributed by atoms with van der Waals surface area (Å²) < 4.78 is 31.3. The Kier molecular flexibility index (Phi) is 7.31. The van der Waals surface area contributed by atoms with Crippen LogP contribution < -0.4 is 5.32 Å². The fourth-order valence-corrected chi connectivity index (χ4v) is 3.70.